The third-order valence-corrected chi connectivity index (χ3v) is 4.53. The van der Waals surface area contributed by atoms with Gasteiger partial charge in [-0.1, -0.05) is 43.7 Å². The largest absolute Gasteiger partial charge is 0.489 e. The number of aromatic amines is 1. The number of hydrogen-bond acceptors (Lipinski definition) is 3. The van der Waals surface area contributed by atoms with Gasteiger partial charge in [-0.15, -0.1) is 0 Å². The average molecular weight is 351 g/mol. The molecule has 4 heteroatoms. The highest BCUT2D eigenvalue weighted by Gasteiger charge is 2.19. The van der Waals surface area contributed by atoms with E-state index in [1.807, 2.05) is 48.5 Å². The first-order valence-corrected chi connectivity index (χ1v) is 9.05. The molecule has 3 rings (SSSR count). The minimum atomic E-state index is -0.141. The summed E-state index contributed by atoms with van der Waals surface area (Å²) >= 11 is 0. The number of benzene rings is 2. The van der Waals surface area contributed by atoms with Crippen molar-refractivity contribution in [1.82, 2.24) is 4.98 Å². The number of esters is 1. The van der Waals surface area contributed by atoms with Crippen LogP contribution < -0.4 is 4.74 Å². The molecule has 0 saturated heterocycles. The maximum atomic E-state index is 11.9. The van der Waals surface area contributed by atoms with Gasteiger partial charge in [0.05, 0.1) is 13.0 Å². The number of ether oxygens (including phenoxy) is 2. The van der Waals surface area contributed by atoms with E-state index in [1.54, 1.807) is 0 Å². The maximum Gasteiger partial charge on any atom is 0.309 e. The van der Waals surface area contributed by atoms with Gasteiger partial charge in [0.15, 0.2) is 0 Å². The predicted octanol–water partition coefficient (Wildman–Crippen LogP) is 4.88. The number of methoxy groups -OCH3 is 1. The fraction of sp³-hybridized carbons (Fsp3) is 0.318. The van der Waals surface area contributed by atoms with Crippen LogP contribution in [-0.4, -0.2) is 18.1 Å². The summed E-state index contributed by atoms with van der Waals surface area (Å²) in [6.45, 7) is 2.63. The summed E-state index contributed by atoms with van der Waals surface area (Å²) in [4.78, 5) is 15.3. The van der Waals surface area contributed by atoms with Gasteiger partial charge in [-0.3, -0.25) is 4.79 Å². The summed E-state index contributed by atoms with van der Waals surface area (Å²) in [5, 5.41) is 1.09. The third kappa shape index (κ3) is 4.45. The molecule has 136 valence electrons. The van der Waals surface area contributed by atoms with Gasteiger partial charge in [-0.25, -0.2) is 0 Å². The van der Waals surface area contributed by atoms with E-state index in [1.165, 1.54) is 7.11 Å². The Morgan fingerprint density at radius 1 is 1.12 bits per heavy atom. The van der Waals surface area contributed by atoms with E-state index >= 15 is 0 Å². The van der Waals surface area contributed by atoms with Crippen molar-refractivity contribution in [2.24, 2.45) is 5.92 Å². The number of aromatic nitrogens is 1. The van der Waals surface area contributed by atoms with Crippen LogP contribution in [0.25, 0.3) is 10.9 Å². The van der Waals surface area contributed by atoms with Gasteiger partial charge in [-0.05, 0) is 36.2 Å². The van der Waals surface area contributed by atoms with E-state index in [4.69, 9.17) is 9.47 Å². The highest BCUT2D eigenvalue weighted by molar-refractivity contribution is 5.82. The smallest absolute Gasteiger partial charge is 0.309 e. The third-order valence-electron chi connectivity index (χ3n) is 4.53. The van der Waals surface area contributed by atoms with E-state index in [0.29, 0.717) is 13.0 Å². The number of carbonyl (C=O) groups excluding carboxylic acids is 1. The van der Waals surface area contributed by atoms with Gasteiger partial charge in [0.2, 0.25) is 0 Å². The lowest BCUT2D eigenvalue weighted by Gasteiger charge is -2.12. The van der Waals surface area contributed by atoms with Gasteiger partial charge in [0.1, 0.15) is 12.4 Å². The van der Waals surface area contributed by atoms with E-state index < -0.39 is 0 Å². The molecule has 26 heavy (non-hydrogen) atoms. The molecular weight excluding hydrogens is 326 g/mol. The van der Waals surface area contributed by atoms with Gasteiger partial charge < -0.3 is 14.5 Å². The van der Waals surface area contributed by atoms with E-state index in [0.717, 1.165) is 40.8 Å². The average Bonchev–Trinajstić information content (AvgIpc) is 3.08. The first-order valence-electron chi connectivity index (χ1n) is 9.05. The molecule has 0 spiro atoms. The summed E-state index contributed by atoms with van der Waals surface area (Å²) < 4.78 is 10.8. The minimum absolute atomic E-state index is 0.105. The number of carbonyl (C=O) groups is 1. The molecule has 4 nitrogen and oxygen atoms in total. The van der Waals surface area contributed by atoms with Gasteiger partial charge >= 0.3 is 5.97 Å². The lowest BCUT2D eigenvalue weighted by molar-refractivity contribution is -0.145. The van der Waals surface area contributed by atoms with Crippen molar-refractivity contribution in [3.63, 3.8) is 0 Å². The van der Waals surface area contributed by atoms with Crippen LogP contribution in [0.15, 0.2) is 54.6 Å². The van der Waals surface area contributed by atoms with E-state index in [2.05, 4.69) is 18.0 Å². The Morgan fingerprint density at radius 3 is 2.65 bits per heavy atom. The monoisotopic (exact) mass is 351 g/mol. The molecule has 0 amide bonds. The molecule has 0 bridgehead atoms. The Balaban J connectivity index is 1.71. The lowest BCUT2D eigenvalue weighted by atomic mass is 9.98. The number of rotatable bonds is 8. The van der Waals surface area contributed by atoms with Crippen LogP contribution in [0, 0.1) is 5.92 Å². The van der Waals surface area contributed by atoms with Crippen molar-refractivity contribution in [2.75, 3.05) is 7.11 Å². The molecule has 1 N–H and O–H groups in total. The Morgan fingerprint density at radius 2 is 1.92 bits per heavy atom. The topological polar surface area (TPSA) is 51.3 Å². The molecule has 1 heterocycles. The van der Waals surface area contributed by atoms with Gasteiger partial charge in [0.25, 0.3) is 0 Å². The van der Waals surface area contributed by atoms with Crippen LogP contribution in [0.5, 0.6) is 5.75 Å². The number of hydrogen-bond donors (Lipinski definition) is 1. The Kier molecular flexibility index (Phi) is 5.95. The normalized spacial score (nSPS) is 12.1. The van der Waals surface area contributed by atoms with Crippen LogP contribution in [0.3, 0.4) is 0 Å². The molecule has 0 radical (unpaired) electrons. The Labute approximate surface area is 154 Å². The molecule has 2 aromatic carbocycles. The molecule has 0 fully saturated rings. The number of fused-ring (bicyclic) bond motifs is 1. The predicted molar refractivity (Wildman–Crippen MR) is 103 cm³/mol. The lowest BCUT2D eigenvalue weighted by Crippen LogP contribution is -2.18. The van der Waals surface area contributed by atoms with Gasteiger partial charge in [0, 0.05) is 23.0 Å². The van der Waals surface area contributed by atoms with Crippen LogP contribution in [0.4, 0.5) is 0 Å². The van der Waals surface area contributed by atoms with Crippen molar-refractivity contribution in [1.29, 1.82) is 0 Å². The molecule has 0 aliphatic rings. The van der Waals surface area contributed by atoms with Crippen molar-refractivity contribution in [2.45, 2.75) is 32.8 Å². The first kappa shape index (κ1) is 18.1. The molecule has 1 aromatic heterocycles. The van der Waals surface area contributed by atoms with Crippen LogP contribution >= 0.6 is 0 Å². The Hall–Kier alpha value is -2.75. The van der Waals surface area contributed by atoms with Crippen LogP contribution in [0.2, 0.25) is 0 Å². The molecule has 0 aliphatic carbocycles. The quantitative estimate of drug-likeness (QED) is 0.589. The van der Waals surface area contributed by atoms with Crippen molar-refractivity contribution in [3.8, 4) is 5.75 Å². The van der Waals surface area contributed by atoms with E-state index in [-0.39, 0.29) is 11.9 Å². The van der Waals surface area contributed by atoms with Crippen LogP contribution in [-0.2, 0) is 22.6 Å². The molecule has 1 atom stereocenters. The fourth-order valence-electron chi connectivity index (χ4n) is 3.20. The SMILES string of the molecule is CCCC(Cc1cc2cc(OCc3ccccc3)ccc2[nH]1)C(=O)OC. The van der Waals surface area contributed by atoms with Crippen molar-refractivity contribution < 1.29 is 14.3 Å². The van der Waals surface area contributed by atoms with E-state index in [9.17, 15) is 4.79 Å². The van der Waals surface area contributed by atoms with Crippen LogP contribution in [0.1, 0.15) is 31.0 Å². The summed E-state index contributed by atoms with van der Waals surface area (Å²) in [7, 11) is 1.45. The first-order chi connectivity index (χ1) is 12.7. The molecule has 0 aliphatic heterocycles. The summed E-state index contributed by atoms with van der Waals surface area (Å²) in [6, 6.07) is 18.2. The second-order valence-electron chi connectivity index (χ2n) is 6.53. The van der Waals surface area contributed by atoms with Crippen molar-refractivity contribution in [3.05, 3.63) is 65.9 Å². The summed E-state index contributed by atoms with van der Waals surface area (Å²) in [5.41, 5.74) is 3.24. The zero-order chi connectivity index (χ0) is 18.4. The molecule has 3 aromatic rings. The second-order valence-corrected chi connectivity index (χ2v) is 6.53. The maximum absolute atomic E-state index is 11.9. The second kappa shape index (κ2) is 8.56. The molecule has 0 saturated carbocycles. The standard InChI is InChI=1S/C22H25NO3/c1-3-7-17(22(24)25-2)12-19-13-18-14-20(10-11-21(18)23-19)26-15-16-8-5-4-6-9-16/h4-6,8-11,13-14,17,23H,3,7,12,15H2,1-2H3. The minimum Gasteiger partial charge on any atom is -0.489 e. The Bertz CT molecular complexity index is 854. The highest BCUT2D eigenvalue weighted by atomic mass is 16.5. The molecule has 1 unspecified atom stereocenters. The van der Waals surface area contributed by atoms with Gasteiger partial charge in [-0.2, -0.15) is 0 Å². The fourth-order valence-corrected chi connectivity index (χ4v) is 3.20. The number of nitrogens with one attached hydrogen (secondary N) is 1. The van der Waals surface area contributed by atoms with Crippen molar-refractivity contribution >= 4 is 16.9 Å². The highest BCUT2D eigenvalue weighted by Crippen LogP contribution is 2.24. The zero-order valence-electron chi connectivity index (χ0n) is 15.3. The zero-order valence-corrected chi connectivity index (χ0v) is 15.3. The number of H-pyrrole nitrogens is 1. The molecular formula is C22H25NO3. The summed E-state index contributed by atoms with van der Waals surface area (Å²) in [6.07, 6.45) is 2.44. The summed E-state index contributed by atoms with van der Waals surface area (Å²) in [5.74, 6) is 0.592.